The van der Waals surface area contributed by atoms with Gasteiger partial charge in [0.25, 0.3) is 0 Å². The molecule has 28 heavy (non-hydrogen) atoms. The van der Waals surface area contributed by atoms with Crippen molar-refractivity contribution >= 4 is 0 Å². The molecule has 3 nitrogen and oxygen atoms in total. The standard InChI is InChI=1S/C25H44O3/c1-22(2,3)15-13-14-18-16-20(27-24(7,8)9)21(28-25(10,11)12)17-19(18)26-23(4,5)6/h16-17H,13-15H2,1-12H3. The summed E-state index contributed by atoms with van der Waals surface area (Å²) < 4.78 is 18.8. The van der Waals surface area contributed by atoms with Crippen LogP contribution in [0.4, 0.5) is 0 Å². The van der Waals surface area contributed by atoms with Gasteiger partial charge in [-0.1, -0.05) is 20.8 Å². The second kappa shape index (κ2) is 8.55. The minimum Gasteiger partial charge on any atom is -0.488 e. The first-order valence-electron chi connectivity index (χ1n) is 10.6. The maximum Gasteiger partial charge on any atom is 0.165 e. The summed E-state index contributed by atoms with van der Waals surface area (Å²) in [5.41, 5.74) is 0.614. The summed E-state index contributed by atoms with van der Waals surface area (Å²) in [4.78, 5) is 0. The number of benzene rings is 1. The third kappa shape index (κ3) is 10.2. The monoisotopic (exact) mass is 392 g/mol. The first kappa shape index (κ1) is 24.7. The van der Waals surface area contributed by atoms with Crippen molar-refractivity contribution in [3.8, 4) is 17.2 Å². The summed E-state index contributed by atoms with van der Waals surface area (Å²) in [6, 6.07) is 4.14. The average Bonchev–Trinajstić information content (AvgIpc) is 2.36. The van der Waals surface area contributed by atoms with E-state index in [1.807, 2.05) is 6.07 Å². The Labute approximate surface area is 174 Å². The minimum atomic E-state index is -0.317. The van der Waals surface area contributed by atoms with Crippen LogP contribution in [-0.2, 0) is 6.42 Å². The third-order valence-corrected chi connectivity index (χ3v) is 3.75. The van der Waals surface area contributed by atoms with Crippen molar-refractivity contribution in [2.75, 3.05) is 0 Å². The summed E-state index contributed by atoms with van der Waals surface area (Å²) >= 11 is 0. The highest BCUT2D eigenvalue weighted by molar-refractivity contribution is 5.51. The Morgan fingerprint density at radius 1 is 0.571 bits per heavy atom. The zero-order valence-electron chi connectivity index (χ0n) is 20.5. The molecule has 1 aromatic rings. The SMILES string of the molecule is CC(C)(C)CCCc1cc(OC(C)(C)C)c(OC(C)(C)C)cc1OC(C)(C)C. The molecule has 0 fully saturated rings. The Hall–Kier alpha value is -1.38. The van der Waals surface area contributed by atoms with Gasteiger partial charge in [0.05, 0.1) is 0 Å². The van der Waals surface area contributed by atoms with E-state index in [-0.39, 0.29) is 16.8 Å². The highest BCUT2D eigenvalue weighted by Gasteiger charge is 2.24. The van der Waals surface area contributed by atoms with Gasteiger partial charge in [-0.3, -0.25) is 0 Å². The molecule has 0 atom stereocenters. The average molecular weight is 393 g/mol. The van der Waals surface area contributed by atoms with E-state index in [1.165, 1.54) is 5.56 Å². The van der Waals surface area contributed by atoms with Gasteiger partial charge in [0.15, 0.2) is 11.5 Å². The molecule has 0 heterocycles. The van der Waals surface area contributed by atoms with Gasteiger partial charge in [-0.15, -0.1) is 0 Å². The minimum absolute atomic E-state index is 0.274. The van der Waals surface area contributed by atoms with Gasteiger partial charge in [0.1, 0.15) is 22.6 Å². The molecule has 0 aliphatic rings. The van der Waals surface area contributed by atoms with E-state index < -0.39 is 0 Å². The molecule has 0 spiro atoms. The Balaban J connectivity index is 3.37. The highest BCUT2D eigenvalue weighted by atomic mass is 16.5. The first-order chi connectivity index (χ1) is 12.3. The lowest BCUT2D eigenvalue weighted by Gasteiger charge is -2.30. The van der Waals surface area contributed by atoms with Crippen LogP contribution in [0.1, 0.15) is 101 Å². The molecule has 0 aromatic heterocycles. The van der Waals surface area contributed by atoms with E-state index >= 15 is 0 Å². The van der Waals surface area contributed by atoms with E-state index in [4.69, 9.17) is 14.2 Å². The van der Waals surface area contributed by atoms with Crippen LogP contribution < -0.4 is 14.2 Å². The van der Waals surface area contributed by atoms with E-state index in [1.54, 1.807) is 0 Å². The van der Waals surface area contributed by atoms with Gasteiger partial charge in [-0.25, -0.2) is 0 Å². The molecular formula is C25H44O3. The lowest BCUT2D eigenvalue weighted by Crippen LogP contribution is -2.27. The Morgan fingerprint density at radius 3 is 1.36 bits per heavy atom. The zero-order valence-corrected chi connectivity index (χ0v) is 20.5. The first-order valence-corrected chi connectivity index (χ1v) is 10.6. The molecule has 0 aliphatic carbocycles. The van der Waals surface area contributed by atoms with Crippen molar-refractivity contribution in [1.29, 1.82) is 0 Å². The largest absolute Gasteiger partial charge is 0.488 e. The van der Waals surface area contributed by atoms with E-state index in [2.05, 4.69) is 89.2 Å². The van der Waals surface area contributed by atoms with E-state index in [0.717, 1.165) is 36.5 Å². The van der Waals surface area contributed by atoms with Gasteiger partial charge >= 0.3 is 0 Å². The quantitative estimate of drug-likeness (QED) is 0.499. The highest BCUT2D eigenvalue weighted by Crippen LogP contribution is 2.40. The van der Waals surface area contributed by atoms with E-state index in [0.29, 0.717) is 5.41 Å². The van der Waals surface area contributed by atoms with Crippen molar-refractivity contribution in [1.82, 2.24) is 0 Å². The van der Waals surface area contributed by atoms with Crippen LogP contribution in [0, 0.1) is 5.41 Å². The second-order valence-electron chi connectivity index (χ2n) is 12.0. The molecule has 162 valence electrons. The topological polar surface area (TPSA) is 27.7 Å². The van der Waals surface area contributed by atoms with Crippen LogP contribution in [0.5, 0.6) is 17.2 Å². The van der Waals surface area contributed by atoms with Crippen LogP contribution in [0.2, 0.25) is 0 Å². The molecule has 0 saturated carbocycles. The molecule has 1 rings (SSSR count). The predicted molar refractivity (Wildman–Crippen MR) is 120 cm³/mol. The third-order valence-electron chi connectivity index (χ3n) is 3.75. The fourth-order valence-corrected chi connectivity index (χ4v) is 2.83. The summed E-state index contributed by atoms with van der Waals surface area (Å²) in [5, 5.41) is 0. The predicted octanol–water partition coefficient (Wildman–Crippen LogP) is 7.59. The summed E-state index contributed by atoms with van der Waals surface area (Å²) in [7, 11) is 0. The molecule has 0 radical (unpaired) electrons. The van der Waals surface area contributed by atoms with Crippen LogP contribution in [0.15, 0.2) is 12.1 Å². The molecular weight excluding hydrogens is 348 g/mol. The molecule has 0 aliphatic heterocycles. The van der Waals surface area contributed by atoms with Crippen molar-refractivity contribution in [3.05, 3.63) is 17.7 Å². The molecule has 0 saturated heterocycles. The molecule has 0 bridgehead atoms. The fraction of sp³-hybridized carbons (Fsp3) is 0.760. The second-order valence-corrected chi connectivity index (χ2v) is 12.0. The smallest absolute Gasteiger partial charge is 0.165 e. The van der Waals surface area contributed by atoms with Gasteiger partial charge in [0.2, 0.25) is 0 Å². The Bertz CT molecular complexity index is 632. The molecule has 0 N–H and O–H groups in total. The maximum atomic E-state index is 6.32. The van der Waals surface area contributed by atoms with Crippen LogP contribution in [0.25, 0.3) is 0 Å². The Kier molecular flexibility index (Phi) is 7.53. The zero-order chi connectivity index (χ0) is 22.0. The van der Waals surface area contributed by atoms with Gasteiger partial charge in [-0.05, 0) is 98.6 Å². The summed E-state index contributed by atoms with van der Waals surface area (Å²) in [6.45, 7) is 25.4. The number of rotatable bonds is 6. The van der Waals surface area contributed by atoms with Crippen LogP contribution >= 0.6 is 0 Å². The van der Waals surface area contributed by atoms with Crippen LogP contribution in [0.3, 0.4) is 0 Å². The summed E-state index contributed by atoms with van der Waals surface area (Å²) in [6.07, 6.45) is 3.23. The number of hydrogen-bond acceptors (Lipinski definition) is 3. The number of ether oxygens (including phenoxy) is 3. The lowest BCUT2D eigenvalue weighted by molar-refractivity contribution is 0.0925. The number of hydrogen-bond donors (Lipinski definition) is 0. The van der Waals surface area contributed by atoms with Gasteiger partial charge < -0.3 is 14.2 Å². The lowest BCUT2D eigenvalue weighted by atomic mass is 9.89. The van der Waals surface area contributed by atoms with Crippen LogP contribution in [-0.4, -0.2) is 16.8 Å². The maximum absolute atomic E-state index is 6.32. The Morgan fingerprint density at radius 2 is 0.964 bits per heavy atom. The van der Waals surface area contributed by atoms with Crippen molar-refractivity contribution in [2.24, 2.45) is 5.41 Å². The summed E-state index contributed by atoms with van der Waals surface area (Å²) in [5.74, 6) is 2.41. The van der Waals surface area contributed by atoms with Crippen molar-refractivity contribution in [3.63, 3.8) is 0 Å². The normalized spacial score (nSPS) is 13.4. The molecule has 0 unspecified atom stereocenters. The van der Waals surface area contributed by atoms with Crippen molar-refractivity contribution in [2.45, 2.75) is 119 Å². The fourth-order valence-electron chi connectivity index (χ4n) is 2.83. The number of aryl methyl sites for hydroxylation is 1. The molecule has 0 amide bonds. The molecule has 3 heteroatoms. The molecule has 1 aromatic carbocycles. The van der Waals surface area contributed by atoms with E-state index in [9.17, 15) is 0 Å². The van der Waals surface area contributed by atoms with Gasteiger partial charge in [-0.2, -0.15) is 0 Å². The van der Waals surface area contributed by atoms with Gasteiger partial charge in [0, 0.05) is 6.07 Å². The van der Waals surface area contributed by atoms with Crippen molar-refractivity contribution < 1.29 is 14.2 Å².